The zero-order chi connectivity index (χ0) is 23.4. The molecule has 0 saturated heterocycles. The van der Waals surface area contributed by atoms with Gasteiger partial charge in [0.15, 0.2) is 0 Å². The summed E-state index contributed by atoms with van der Waals surface area (Å²) in [5.41, 5.74) is -2.18. The van der Waals surface area contributed by atoms with E-state index >= 15 is 0 Å². The largest absolute Gasteiger partial charge is 0.416 e. The third-order valence-corrected chi connectivity index (χ3v) is 5.40. The molecular weight excluding hydrogens is 467 g/mol. The highest BCUT2D eigenvalue weighted by Crippen LogP contribution is 2.37. The number of halogens is 8. The number of carbonyl (C=O) groups is 1. The van der Waals surface area contributed by atoms with Crippen LogP contribution >= 0.6 is 23.2 Å². The number of hydrogen-bond donors (Lipinski definition) is 1. The van der Waals surface area contributed by atoms with E-state index in [0.717, 1.165) is 0 Å². The molecule has 168 valence electrons. The second kappa shape index (κ2) is 10.0. The lowest BCUT2D eigenvalue weighted by Crippen LogP contribution is -2.14. The van der Waals surface area contributed by atoms with Crippen molar-refractivity contribution >= 4 is 35.2 Å². The number of nitrogens with one attached hydrogen (secondary N) is 1. The van der Waals surface area contributed by atoms with Gasteiger partial charge in [0.1, 0.15) is 6.29 Å². The van der Waals surface area contributed by atoms with E-state index in [4.69, 9.17) is 28.6 Å². The van der Waals surface area contributed by atoms with E-state index in [1.54, 1.807) is 6.07 Å². The summed E-state index contributed by atoms with van der Waals surface area (Å²) >= 11 is 11.8. The van der Waals surface area contributed by atoms with Gasteiger partial charge >= 0.3 is 12.4 Å². The van der Waals surface area contributed by atoms with E-state index in [2.05, 4.69) is 0 Å². The molecule has 0 amide bonds. The Morgan fingerprint density at radius 2 is 1.52 bits per heavy atom. The molecule has 1 atom stereocenters. The van der Waals surface area contributed by atoms with Crippen molar-refractivity contribution in [3.63, 3.8) is 0 Å². The molecule has 0 aliphatic heterocycles. The molecule has 0 heterocycles. The van der Waals surface area contributed by atoms with Gasteiger partial charge in [-0.3, -0.25) is 0 Å². The van der Waals surface area contributed by atoms with Crippen LogP contribution < -0.4 is 0 Å². The fourth-order valence-electron chi connectivity index (χ4n) is 3.13. The molecule has 10 heteroatoms. The number of aldehydes is 1. The van der Waals surface area contributed by atoms with Crippen LogP contribution in [0.15, 0.2) is 36.4 Å². The van der Waals surface area contributed by atoms with Gasteiger partial charge in [0.25, 0.3) is 0 Å². The Morgan fingerprint density at radius 1 is 0.935 bits per heavy atom. The third kappa shape index (κ3) is 6.97. The smallest absolute Gasteiger partial charge is 0.309 e. The number of aryl methyl sites for hydroxylation is 1. The zero-order valence-corrected chi connectivity index (χ0v) is 17.4. The van der Waals surface area contributed by atoms with Crippen molar-refractivity contribution in [2.24, 2.45) is 0 Å². The topological polar surface area (TPSA) is 40.9 Å². The summed E-state index contributed by atoms with van der Waals surface area (Å²) in [7, 11) is 0. The van der Waals surface area contributed by atoms with E-state index < -0.39 is 29.4 Å². The van der Waals surface area contributed by atoms with Gasteiger partial charge < -0.3 is 10.2 Å². The summed E-state index contributed by atoms with van der Waals surface area (Å²) in [6.07, 6.45) is -9.09. The van der Waals surface area contributed by atoms with Crippen molar-refractivity contribution < 1.29 is 31.1 Å². The second-order valence-corrected chi connectivity index (χ2v) is 7.74. The minimum Gasteiger partial charge on any atom is -0.309 e. The highest BCUT2D eigenvalue weighted by Gasteiger charge is 2.36. The fraction of sp³-hybridized carbons (Fsp3) is 0.333. The van der Waals surface area contributed by atoms with Gasteiger partial charge in [-0.05, 0) is 60.7 Å². The van der Waals surface area contributed by atoms with Gasteiger partial charge in [0, 0.05) is 18.1 Å². The molecular formula is C21H17Cl2F6NO. The van der Waals surface area contributed by atoms with Crippen LogP contribution in [-0.2, 0) is 23.6 Å². The lowest BCUT2D eigenvalue weighted by molar-refractivity contribution is -0.143. The van der Waals surface area contributed by atoms with E-state index in [1.807, 2.05) is 0 Å². The highest BCUT2D eigenvalue weighted by atomic mass is 35.5. The molecule has 1 N–H and O–H groups in total. The average molecular weight is 484 g/mol. The number of carbonyl (C=O) groups excluding carboxylic acids is 1. The SMILES string of the molecule is N=C(CCCc1cc(C(F)(F)F)cc(C(F)(F)F)c1)C(CC=O)c1ccc(Cl)c(Cl)c1. The molecule has 0 radical (unpaired) electrons. The monoisotopic (exact) mass is 483 g/mol. The van der Waals surface area contributed by atoms with Crippen LogP contribution in [-0.4, -0.2) is 12.0 Å². The predicted molar refractivity (Wildman–Crippen MR) is 107 cm³/mol. The average Bonchev–Trinajstić information content (AvgIpc) is 2.66. The molecule has 0 aromatic heterocycles. The Hall–Kier alpha value is -2.06. The first-order valence-corrected chi connectivity index (χ1v) is 9.82. The lowest BCUT2D eigenvalue weighted by Gasteiger charge is -2.18. The lowest BCUT2D eigenvalue weighted by atomic mass is 9.88. The molecule has 2 rings (SSSR count). The molecule has 0 aliphatic rings. The van der Waals surface area contributed by atoms with Gasteiger partial charge in [-0.25, -0.2) is 0 Å². The highest BCUT2D eigenvalue weighted by molar-refractivity contribution is 6.42. The van der Waals surface area contributed by atoms with Crippen LogP contribution in [0.3, 0.4) is 0 Å². The Morgan fingerprint density at radius 3 is 2.00 bits per heavy atom. The molecule has 31 heavy (non-hydrogen) atoms. The van der Waals surface area contributed by atoms with Crippen molar-refractivity contribution in [1.82, 2.24) is 0 Å². The quantitative estimate of drug-likeness (QED) is 0.232. The van der Waals surface area contributed by atoms with Crippen LogP contribution in [0.5, 0.6) is 0 Å². The molecule has 2 nitrogen and oxygen atoms in total. The van der Waals surface area contributed by atoms with Crippen molar-refractivity contribution in [2.75, 3.05) is 0 Å². The summed E-state index contributed by atoms with van der Waals surface area (Å²) in [5, 5.41) is 8.80. The van der Waals surface area contributed by atoms with E-state index in [-0.39, 0.29) is 48.0 Å². The standard InChI is InChI=1S/C21H17Cl2F6NO/c22-17-5-4-13(10-18(17)23)16(6-7-31)19(30)3-1-2-12-8-14(20(24,25)26)11-15(9-12)21(27,28)29/h4-5,7-11,16,30H,1-3,6H2. The second-order valence-electron chi connectivity index (χ2n) is 6.92. The first-order chi connectivity index (χ1) is 14.3. The normalized spacial score (nSPS) is 13.2. The fourth-order valence-corrected chi connectivity index (χ4v) is 3.43. The molecule has 0 bridgehead atoms. The van der Waals surface area contributed by atoms with Crippen LogP contribution in [0.1, 0.15) is 47.4 Å². The van der Waals surface area contributed by atoms with Crippen LogP contribution in [0.2, 0.25) is 10.0 Å². The van der Waals surface area contributed by atoms with Gasteiger partial charge in [-0.15, -0.1) is 0 Å². The minimum absolute atomic E-state index is 0.0153. The maximum atomic E-state index is 13.0. The first-order valence-electron chi connectivity index (χ1n) is 9.07. The van der Waals surface area contributed by atoms with Crippen molar-refractivity contribution in [3.05, 3.63) is 68.7 Å². The van der Waals surface area contributed by atoms with Gasteiger partial charge in [0.2, 0.25) is 0 Å². The van der Waals surface area contributed by atoms with Crippen molar-refractivity contribution in [2.45, 2.75) is 44.0 Å². The van der Waals surface area contributed by atoms with E-state index in [0.29, 0.717) is 29.0 Å². The Labute approximate surface area is 184 Å². The molecule has 0 spiro atoms. The van der Waals surface area contributed by atoms with Crippen molar-refractivity contribution in [3.8, 4) is 0 Å². The Bertz CT molecular complexity index is 924. The van der Waals surface area contributed by atoms with Crippen LogP contribution in [0.25, 0.3) is 0 Å². The molecule has 0 saturated carbocycles. The van der Waals surface area contributed by atoms with Gasteiger partial charge in [-0.1, -0.05) is 29.3 Å². The third-order valence-electron chi connectivity index (χ3n) is 4.66. The Kier molecular flexibility index (Phi) is 8.16. The zero-order valence-electron chi connectivity index (χ0n) is 15.9. The summed E-state index contributed by atoms with van der Waals surface area (Å²) in [6, 6.07) is 6.09. The van der Waals surface area contributed by atoms with E-state index in [9.17, 15) is 31.1 Å². The first kappa shape index (κ1) is 25.2. The molecule has 2 aromatic carbocycles. The van der Waals surface area contributed by atoms with Crippen LogP contribution in [0.4, 0.5) is 26.3 Å². The molecule has 1 unspecified atom stereocenters. The summed E-state index contributed by atoms with van der Waals surface area (Å²) in [4.78, 5) is 11.0. The number of rotatable bonds is 8. The van der Waals surface area contributed by atoms with Crippen LogP contribution in [0, 0.1) is 5.41 Å². The maximum absolute atomic E-state index is 13.0. The molecule has 0 fully saturated rings. The number of hydrogen-bond acceptors (Lipinski definition) is 2. The minimum atomic E-state index is -4.91. The molecule has 2 aromatic rings. The summed E-state index contributed by atoms with van der Waals surface area (Å²) in [6.45, 7) is 0. The number of alkyl halides is 6. The Balaban J connectivity index is 2.16. The number of benzene rings is 2. The van der Waals surface area contributed by atoms with Gasteiger partial charge in [0.05, 0.1) is 21.2 Å². The summed E-state index contributed by atoms with van der Waals surface area (Å²) < 4.78 is 77.8. The molecule has 0 aliphatic carbocycles. The van der Waals surface area contributed by atoms with Crippen molar-refractivity contribution in [1.29, 1.82) is 5.41 Å². The summed E-state index contributed by atoms with van der Waals surface area (Å²) in [5.74, 6) is -0.612. The van der Waals surface area contributed by atoms with E-state index in [1.165, 1.54) is 12.1 Å². The predicted octanol–water partition coefficient (Wildman–Crippen LogP) is 7.75. The maximum Gasteiger partial charge on any atom is 0.416 e. The van der Waals surface area contributed by atoms with Gasteiger partial charge in [-0.2, -0.15) is 26.3 Å².